The maximum absolute atomic E-state index is 11.8. The van der Waals surface area contributed by atoms with Crippen molar-refractivity contribution in [2.45, 2.75) is 45.1 Å². The first-order valence-corrected chi connectivity index (χ1v) is 6.69. The molecule has 1 unspecified atom stereocenters. The van der Waals surface area contributed by atoms with E-state index >= 15 is 0 Å². The molecule has 1 atom stereocenters. The van der Waals surface area contributed by atoms with Gasteiger partial charge in [0.25, 0.3) is 0 Å². The molecule has 0 aliphatic carbocycles. The van der Waals surface area contributed by atoms with E-state index < -0.39 is 12.0 Å². The number of carboxylic acids is 1. The fourth-order valence-electron chi connectivity index (χ4n) is 1.91. The second-order valence-electron chi connectivity index (χ2n) is 4.59. The van der Waals surface area contributed by atoms with E-state index in [1.807, 2.05) is 30.3 Å². The fraction of sp³-hybridized carbons (Fsp3) is 0.467. The van der Waals surface area contributed by atoms with Gasteiger partial charge in [0.05, 0.1) is 12.5 Å². The van der Waals surface area contributed by atoms with Gasteiger partial charge in [-0.3, -0.25) is 9.59 Å². The predicted molar refractivity (Wildman–Crippen MR) is 73.7 cm³/mol. The minimum atomic E-state index is -0.914. The highest BCUT2D eigenvalue weighted by atomic mass is 16.4. The van der Waals surface area contributed by atoms with Gasteiger partial charge in [-0.05, 0) is 12.0 Å². The summed E-state index contributed by atoms with van der Waals surface area (Å²) in [7, 11) is 0. The molecule has 1 aromatic carbocycles. The van der Waals surface area contributed by atoms with Gasteiger partial charge >= 0.3 is 5.97 Å². The third kappa shape index (κ3) is 6.04. The van der Waals surface area contributed by atoms with E-state index in [4.69, 9.17) is 5.11 Å². The highest BCUT2D eigenvalue weighted by Crippen LogP contribution is 2.17. The van der Waals surface area contributed by atoms with Crippen LogP contribution in [0, 0.1) is 0 Å². The number of carbonyl (C=O) groups excluding carboxylic acids is 1. The largest absolute Gasteiger partial charge is 0.481 e. The van der Waals surface area contributed by atoms with Crippen LogP contribution in [0.25, 0.3) is 0 Å². The second-order valence-corrected chi connectivity index (χ2v) is 4.59. The Morgan fingerprint density at radius 2 is 1.89 bits per heavy atom. The van der Waals surface area contributed by atoms with Gasteiger partial charge < -0.3 is 10.4 Å². The lowest BCUT2D eigenvalue weighted by Crippen LogP contribution is -2.29. The van der Waals surface area contributed by atoms with Crippen molar-refractivity contribution in [3.8, 4) is 0 Å². The monoisotopic (exact) mass is 263 g/mol. The Kier molecular flexibility index (Phi) is 6.64. The number of unbranched alkanes of at least 4 members (excludes halogenated alkanes) is 2. The first kappa shape index (κ1) is 15.2. The van der Waals surface area contributed by atoms with Crippen molar-refractivity contribution in [1.82, 2.24) is 5.32 Å². The van der Waals surface area contributed by atoms with Crippen molar-refractivity contribution in [1.29, 1.82) is 0 Å². The summed E-state index contributed by atoms with van der Waals surface area (Å²) in [4.78, 5) is 22.7. The Hall–Kier alpha value is -1.84. The standard InChI is InChI=1S/C15H21NO3/c1-2-3-5-10-14(17)16-13(11-15(18)19)12-8-6-4-7-9-12/h4,6-9,13H,2-3,5,10-11H2,1H3,(H,16,17)(H,18,19). The van der Waals surface area contributed by atoms with Gasteiger partial charge in [-0.25, -0.2) is 0 Å². The van der Waals surface area contributed by atoms with Crippen molar-refractivity contribution in [2.75, 3.05) is 0 Å². The summed E-state index contributed by atoms with van der Waals surface area (Å²) >= 11 is 0. The number of benzene rings is 1. The summed E-state index contributed by atoms with van der Waals surface area (Å²) in [6, 6.07) is 8.76. The lowest BCUT2D eigenvalue weighted by molar-refractivity contribution is -0.137. The number of hydrogen-bond donors (Lipinski definition) is 2. The van der Waals surface area contributed by atoms with Crippen LogP contribution in [0.4, 0.5) is 0 Å². The zero-order valence-corrected chi connectivity index (χ0v) is 11.3. The molecular weight excluding hydrogens is 242 g/mol. The van der Waals surface area contributed by atoms with Gasteiger partial charge in [0, 0.05) is 6.42 Å². The van der Waals surface area contributed by atoms with E-state index in [0.29, 0.717) is 6.42 Å². The molecule has 0 aromatic heterocycles. The molecule has 0 fully saturated rings. The molecule has 1 rings (SSSR count). The average Bonchev–Trinajstić information content (AvgIpc) is 2.39. The number of amides is 1. The molecule has 4 nitrogen and oxygen atoms in total. The maximum Gasteiger partial charge on any atom is 0.305 e. The topological polar surface area (TPSA) is 66.4 Å². The number of nitrogens with one attached hydrogen (secondary N) is 1. The van der Waals surface area contributed by atoms with Crippen LogP contribution >= 0.6 is 0 Å². The number of hydrogen-bond acceptors (Lipinski definition) is 2. The first-order chi connectivity index (χ1) is 9.13. The quantitative estimate of drug-likeness (QED) is 0.709. The summed E-state index contributed by atoms with van der Waals surface area (Å²) in [5.41, 5.74) is 0.828. The molecule has 0 spiro atoms. The molecule has 0 saturated heterocycles. The molecule has 19 heavy (non-hydrogen) atoms. The minimum Gasteiger partial charge on any atom is -0.481 e. The van der Waals surface area contributed by atoms with Crippen LogP contribution < -0.4 is 5.32 Å². The van der Waals surface area contributed by atoms with Crippen molar-refractivity contribution in [3.63, 3.8) is 0 Å². The predicted octanol–water partition coefficient (Wildman–Crippen LogP) is 2.90. The van der Waals surface area contributed by atoms with E-state index in [1.165, 1.54) is 0 Å². The first-order valence-electron chi connectivity index (χ1n) is 6.69. The van der Waals surface area contributed by atoms with Crippen LogP contribution in [-0.2, 0) is 9.59 Å². The zero-order valence-electron chi connectivity index (χ0n) is 11.3. The van der Waals surface area contributed by atoms with E-state index in [1.54, 1.807) is 0 Å². The Morgan fingerprint density at radius 3 is 2.47 bits per heavy atom. The van der Waals surface area contributed by atoms with Crippen molar-refractivity contribution < 1.29 is 14.7 Å². The average molecular weight is 263 g/mol. The number of carbonyl (C=O) groups is 2. The van der Waals surface area contributed by atoms with Gasteiger partial charge in [0.1, 0.15) is 0 Å². The molecule has 0 radical (unpaired) electrons. The summed E-state index contributed by atoms with van der Waals surface area (Å²) < 4.78 is 0. The maximum atomic E-state index is 11.8. The summed E-state index contributed by atoms with van der Waals surface area (Å²) in [5, 5.41) is 11.7. The Labute approximate surface area is 113 Å². The van der Waals surface area contributed by atoms with Crippen LogP contribution in [0.1, 0.15) is 50.6 Å². The second kappa shape index (κ2) is 8.29. The third-order valence-electron chi connectivity index (χ3n) is 2.92. The Morgan fingerprint density at radius 1 is 1.21 bits per heavy atom. The van der Waals surface area contributed by atoms with Crippen LogP contribution in [0.3, 0.4) is 0 Å². The Balaban J connectivity index is 2.60. The lowest BCUT2D eigenvalue weighted by Gasteiger charge is -2.17. The number of rotatable bonds is 8. The molecule has 0 aliphatic heterocycles. The molecule has 0 heterocycles. The third-order valence-corrected chi connectivity index (χ3v) is 2.92. The van der Waals surface area contributed by atoms with E-state index in [-0.39, 0.29) is 12.3 Å². The van der Waals surface area contributed by atoms with Gasteiger partial charge in [0.15, 0.2) is 0 Å². The Bertz CT molecular complexity index is 403. The summed E-state index contributed by atoms with van der Waals surface area (Å²) in [5.74, 6) is -0.994. The van der Waals surface area contributed by atoms with E-state index in [0.717, 1.165) is 24.8 Å². The molecule has 0 bridgehead atoms. The van der Waals surface area contributed by atoms with Crippen molar-refractivity contribution in [3.05, 3.63) is 35.9 Å². The fourth-order valence-corrected chi connectivity index (χ4v) is 1.91. The van der Waals surface area contributed by atoms with E-state index in [9.17, 15) is 9.59 Å². The summed E-state index contributed by atoms with van der Waals surface area (Å²) in [6.07, 6.45) is 3.28. The normalized spacial score (nSPS) is 11.8. The minimum absolute atomic E-state index is 0.0800. The van der Waals surface area contributed by atoms with Crippen LogP contribution in [0.15, 0.2) is 30.3 Å². The highest BCUT2D eigenvalue weighted by Gasteiger charge is 2.17. The molecule has 0 aliphatic rings. The molecular formula is C15H21NO3. The van der Waals surface area contributed by atoms with Crippen LogP contribution in [0.2, 0.25) is 0 Å². The van der Waals surface area contributed by atoms with E-state index in [2.05, 4.69) is 12.2 Å². The van der Waals surface area contributed by atoms with Crippen molar-refractivity contribution >= 4 is 11.9 Å². The zero-order chi connectivity index (χ0) is 14.1. The summed E-state index contributed by atoms with van der Waals surface area (Å²) in [6.45, 7) is 2.08. The number of carboxylic acid groups (broad SMARTS) is 1. The number of aliphatic carboxylic acids is 1. The SMILES string of the molecule is CCCCCC(=O)NC(CC(=O)O)c1ccccc1. The highest BCUT2D eigenvalue weighted by molar-refractivity contribution is 5.77. The smallest absolute Gasteiger partial charge is 0.305 e. The molecule has 1 amide bonds. The van der Waals surface area contributed by atoms with Gasteiger partial charge in [0.2, 0.25) is 5.91 Å². The molecule has 2 N–H and O–H groups in total. The van der Waals surface area contributed by atoms with Gasteiger partial charge in [-0.1, -0.05) is 50.1 Å². The molecule has 1 aromatic rings. The van der Waals surface area contributed by atoms with Crippen LogP contribution in [0.5, 0.6) is 0 Å². The van der Waals surface area contributed by atoms with Crippen molar-refractivity contribution in [2.24, 2.45) is 0 Å². The molecule has 4 heteroatoms. The van der Waals surface area contributed by atoms with Gasteiger partial charge in [-0.2, -0.15) is 0 Å². The molecule has 0 saturated carbocycles. The van der Waals surface area contributed by atoms with Gasteiger partial charge in [-0.15, -0.1) is 0 Å². The van der Waals surface area contributed by atoms with Crippen LogP contribution in [-0.4, -0.2) is 17.0 Å². The molecule has 104 valence electrons. The lowest BCUT2D eigenvalue weighted by atomic mass is 10.0.